The molecule has 12 nitrogen and oxygen atoms in total. The van der Waals surface area contributed by atoms with Gasteiger partial charge in [0.05, 0.1) is 23.7 Å². The predicted octanol–water partition coefficient (Wildman–Crippen LogP) is 6.08. The molecule has 3 heterocycles. The van der Waals surface area contributed by atoms with Crippen LogP contribution < -0.4 is 21.3 Å². The number of carbonyl (C=O) groups is 2. The fourth-order valence-corrected chi connectivity index (χ4v) is 5.50. The number of hydrogen-bond donors (Lipinski definition) is 3. The van der Waals surface area contributed by atoms with Crippen molar-refractivity contribution in [3.63, 3.8) is 0 Å². The fraction of sp³-hybridized carbons (Fsp3) is 0.270. The van der Waals surface area contributed by atoms with Gasteiger partial charge in [0, 0.05) is 60.8 Å². The number of aryl methyl sites for hydroxylation is 1. The topological polar surface area (TPSA) is 168 Å². The molecule has 0 spiro atoms. The Balaban J connectivity index is 1.24. The highest BCUT2D eigenvalue weighted by Gasteiger charge is 2.19. The number of carbonyl (C=O) groups excluding carboxylic acids is 2. The highest BCUT2D eigenvalue weighted by molar-refractivity contribution is 5.93. The number of nitriles is 1. The summed E-state index contributed by atoms with van der Waals surface area (Å²) in [4.78, 5) is 40.4. The van der Waals surface area contributed by atoms with E-state index in [2.05, 4.69) is 43.7 Å². The summed E-state index contributed by atoms with van der Waals surface area (Å²) in [6.45, 7) is 3.02. The molecule has 12 heteroatoms. The molecule has 5 rings (SSSR count). The molecule has 0 saturated heterocycles. The van der Waals surface area contributed by atoms with E-state index in [0.29, 0.717) is 47.2 Å². The van der Waals surface area contributed by atoms with E-state index < -0.39 is 5.91 Å². The Morgan fingerprint density at radius 2 is 1.71 bits per heavy atom. The number of urea groups is 1. The van der Waals surface area contributed by atoms with Gasteiger partial charge in [0.25, 0.3) is 0 Å². The lowest BCUT2D eigenvalue weighted by Gasteiger charge is -2.23. The lowest BCUT2D eigenvalue weighted by molar-refractivity contribution is 0.1000. The summed E-state index contributed by atoms with van der Waals surface area (Å²) in [5, 5.41) is 20.4. The van der Waals surface area contributed by atoms with Gasteiger partial charge in [0.15, 0.2) is 0 Å². The summed E-state index contributed by atoms with van der Waals surface area (Å²) in [5.74, 6) is 0.473. The van der Waals surface area contributed by atoms with Crippen molar-refractivity contribution < 1.29 is 9.59 Å². The molecule has 0 aliphatic heterocycles. The molecule has 0 bridgehead atoms. The van der Waals surface area contributed by atoms with Crippen molar-refractivity contribution in [3.8, 4) is 28.5 Å². The minimum absolute atomic E-state index is 0.0836. The Morgan fingerprint density at radius 3 is 2.37 bits per heavy atom. The molecule has 250 valence electrons. The fourth-order valence-electron chi connectivity index (χ4n) is 5.50. The third kappa shape index (κ3) is 9.26. The van der Waals surface area contributed by atoms with E-state index in [1.807, 2.05) is 55.7 Å². The Morgan fingerprint density at radius 1 is 0.939 bits per heavy atom. The first-order valence-electron chi connectivity index (χ1n) is 16.3. The molecular weight excluding hydrogens is 616 g/mol. The highest BCUT2D eigenvalue weighted by atomic mass is 16.2. The molecule has 0 aliphatic rings. The van der Waals surface area contributed by atoms with E-state index in [1.54, 1.807) is 46.2 Å². The summed E-state index contributed by atoms with van der Waals surface area (Å²) in [7, 11) is 1.87. The molecule has 0 radical (unpaired) electrons. The number of rotatable bonds is 15. The number of amides is 3. The second-order valence-electron chi connectivity index (χ2n) is 11.7. The number of nitrogens with one attached hydrogen (secondary N) is 2. The third-order valence-electron chi connectivity index (χ3n) is 8.10. The first-order valence-corrected chi connectivity index (χ1v) is 16.3. The van der Waals surface area contributed by atoms with Gasteiger partial charge in [-0.15, -0.1) is 0 Å². The van der Waals surface area contributed by atoms with E-state index in [0.717, 1.165) is 48.8 Å². The summed E-state index contributed by atoms with van der Waals surface area (Å²) >= 11 is 0. The molecule has 4 N–H and O–H groups in total. The van der Waals surface area contributed by atoms with Crippen molar-refractivity contribution in [1.29, 1.82) is 5.26 Å². The number of aromatic nitrogens is 5. The number of benzene rings is 2. The van der Waals surface area contributed by atoms with Crippen LogP contribution >= 0.6 is 0 Å². The van der Waals surface area contributed by atoms with Gasteiger partial charge in [-0.25, -0.2) is 19.7 Å². The van der Waals surface area contributed by atoms with E-state index in [1.165, 1.54) is 6.20 Å². The summed E-state index contributed by atoms with van der Waals surface area (Å²) < 4.78 is 1.74. The van der Waals surface area contributed by atoms with Gasteiger partial charge >= 0.3 is 6.03 Å². The SMILES string of the molecule is CCCC(CCCCN(C(=O)NCc1ccccc1)c1ccc(-c2cnn(C)c2)cn1)Nc1ncc(C#N)c(-c2ccc(C(N)=O)cc2)n1. The number of nitrogens with zero attached hydrogens (tertiary/aromatic N) is 7. The normalized spacial score (nSPS) is 11.4. The van der Waals surface area contributed by atoms with Gasteiger partial charge in [0.1, 0.15) is 11.9 Å². The standard InChI is InChI=1S/C37H40N10O2/c1-3-9-32(44-36-41-23-30(20-38)34(45-36)27-13-15-28(16-14-27)35(39)48)12-7-8-19-47(37(49)42-21-26-10-5-4-6-11-26)33-18-17-29(22-40-33)31-24-43-46(2)25-31/h4-6,10-11,13-18,22-25,32H,3,7-9,12,19,21H2,1-2H3,(H2,39,48)(H,42,49)(H,41,44,45). The van der Waals surface area contributed by atoms with Gasteiger partial charge in [-0.3, -0.25) is 14.4 Å². The highest BCUT2D eigenvalue weighted by Crippen LogP contribution is 2.24. The predicted molar refractivity (Wildman–Crippen MR) is 189 cm³/mol. The van der Waals surface area contributed by atoms with Crippen molar-refractivity contribution in [2.75, 3.05) is 16.8 Å². The van der Waals surface area contributed by atoms with Crippen LogP contribution in [-0.4, -0.2) is 49.3 Å². The number of hydrogen-bond acceptors (Lipinski definition) is 8. The van der Waals surface area contributed by atoms with Gasteiger partial charge < -0.3 is 16.4 Å². The molecule has 1 unspecified atom stereocenters. The second kappa shape index (κ2) is 16.6. The quantitative estimate of drug-likeness (QED) is 0.114. The molecule has 0 fully saturated rings. The minimum atomic E-state index is -0.523. The van der Waals surface area contributed by atoms with Crippen LogP contribution in [0, 0.1) is 11.3 Å². The molecule has 0 aliphatic carbocycles. The monoisotopic (exact) mass is 656 g/mol. The molecule has 5 aromatic rings. The van der Waals surface area contributed by atoms with Crippen molar-refractivity contribution in [1.82, 2.24) is 30.0 Å². The average Bonchev–Trinajstić information content (AvgIpc) is 3.57. The number of primary amides is 1. The minimum Gasteiger partial charge on any atom is -0.366 e. The van der Waals surface area contributed by atoms with Gasteiger partial charge in [-0.2, -0.15) is 10.4 Å². The smallest absolute Gasteiger partial charge is 0.323 e. The van der Waals surface area contributed by atoms with Gasteiger partial charge in [-0.05, 0) is 55.5 Å². The summed E-state index contributed by atoms with van der Waals surface area (Å²) in [6.07, 6.45) is 11.2. The lowest BCUT2D eigenvalue weighted by Crippen LogP contribution is -2.41. The summed E-state index contributed by atoms with van der Waals surface area (Å²) in [6, 6.07) is 22.3. The van der Waals surface area contributed by atoms with Crippen LogP contribution in [0.2, 0.25) is 0 Å². The zero-order chi connectivity index (χ0) is 34.6. The van der Waals surface area contributed by atoms with Crippen LogP contribution in [0.15, 0.2) is 91.5 Å². The van der Waals surface area contributed by atoms with E-state index in [-0.39, 0.29) is 12.1 Å². The number of anilines is 2. The van der Waals surface area contributed by atoms with Crippen molar-refractivity contribution in [2.24, 2.45) is 12.8 Å². The molecule has 49 heavy (non-hydrogen) atoms. The molecule has 1 atom stereocenters. The Kier molecular flexibility index (Phi) is 11.6. The number of nitrogens with two attached hydrogens (primary N) is 1. The van der Waals surface area contributed by atoms with Crippen LogP contribution in [0.25, 0.3) is 22.4 Å². The molecule has 0 saturated carbocycles. The molecule has 2 aromatic carbocycles. The maximum atomic E-state index is 13.5. The van der Waals surface area contributed by atoms with Gasteiger partial charge in [0.2, 0.25) is 11.9 Å². The van der Waals surface area contributed by atoms with E-state index in [4.69, 9.17) is 5.73 Å². The van der Waals surface area contributed by atoms with Crippen LogP contribution in [0.3, 0.4) is 0 Å². The molecule has 3 amide bonds. The maximum Gasteiger partial charge on any atom is 0.323 e. The number of unbranched alkanes of at least 4 members (excludes halogenated alkanes) is 1. The van der Waals surface area contributed by atoms with Crippen molar-refractivity contribution >= 4 is 23.7 Å². The molecular formula is C37H40N10O2. The number of pyridine rings is 1. The van der Waals surface area contributed by atoms with Crippen LogP contribution in [0.4, 0.5) is 16.6 Å². The summed E-state index contributed by atoms with van der Waals surface area (Å²) in [5.41, 5.74) is 10.1. The Labute approximate surface area is 286 Å². The van der Waals surface area contributed by atoms with E-state index >= 15 is 0 Å². The molecule has 3 aromatic heterocycles. The first kappa shape index (κ1) is 34.3. The van der Waals surface area contributed by atoms with E-state index in [9.17, 15) is 14.9 Å². The van der Waals surface area contributed by atoms with Gasteiger partial charge in [-0.1, -0.05) is 55.8 Å². The lowest BCUT2D eigenvalue weighted by atomic mass is 10.0. The Hall–Kier alpha value is -6.09. The third-order valence-corrected chi connectivity index (χ3v) is 8.10. The zero-order valence-corrected chi connectivity index (χ0v) is 27.7. The van der Waals surface area contributed by atoms with Crippen molar-refractivity contribution in [3.05, 3.63) is 108 Å². The van der Waals surface area contributed by atoms with Crippen LogP contribution in [-0.2, 0) is 13.6 Å². The second-order valence-corrected chi connectivity index (χ2v) is 11.7. The zero-order valence-electron chi connectivity index (χ0n) is 27.7. The average molecular weight is 657 g/mol. The van der Waals surface area contributed by atoms with Crippen LogP contribution in [0.5, 0.6) is 0 Å². The Bertz CT molecular complexity index is 1880. The van der Waals surface area contributed by atoms with Crippen molar-refractivity contribution in [2.45, 2.75) is 51.6 Å². The first-order chi connectivity index (χ1) is 23.8. The largest absolute Gasteiger partial charge is 0.366 e. The van der Waals surface area contributed by atoms with Crippen LogP contribution in [0.1, 0.15) is 60.5 Å². The maximum absolute atomic E-state index is 13.5.